The van der Waals surface area contributed by atoms with E-state index >= 15 is 0 Å². The zero-order valence-electron chi connectivity index (χ0n) is 17.6. The number of rotatable bonds is 9. The zero-order valence-corrected chi connectivity index (χ0v) is 19.9. The van der Waals surface area contributed by atoms with Gasteiger partial charge in [0.15, 0.2) is 16.8 Å². The summed E-state index contributed by atoms with van der Waals surface area (Å²) in [5, 5.41) is 10.4. The Bertz CT molecular complexity index is 1230. The maximum atomic E-state index is 12.6. The van der Waals surface area contributed by atoms with Gasteiger partial charge in [-0.3, -0.25) is 9.36 Å². The van der Waals surface area contributed by atoms with Crippen LogP contribution in [0.15, 0.2) is 78.0 Å². The van der Waals surface area contributed by atoms with Gasteiger partial charge in [-0.2, -0.15) is 0 Å². The molecule has 9 heteroatoms. The van der Waals surface area contributed by atoms with E-state index in [2.05, 4.69) is 10.2 Å². The van der Waals surface area contributed by atoms with Gasteiger partial charge in [-0.25, -0.2) is 0 Å². The number of benzene rings is 3. The van der Waals surface area contributed by atoms with Crippen molar-refractivity contribution in [2.75, 3.05) is 12.9 Å². The smallest absolute Gasteiger partial charge is 0.196 e. The van der Waals surface area contributed by atoms with Gasteiger partial charge in [0.2, 0.25) is 0 Å². The highest BCUT2D eigenvalue weighted by atomic mass is 35.5. The number of nitrogens with zero attached hydrogens (tertiary/aromatic N) is 3. The number of carbonyl (C=O) groups is 1. The maximum Gasteiger partial charge on any atom is 0.196 e. The quantitative estimate of drug-likeness (QED) is 0.203. The summed E-state index contributed by atoms with van der Waals surface area (Å²) >= 11 is 13.2. The van der Waals surface area contributed by atoms with Gasteiger partial charge in [-0.05, 0) is 72.8 Å². The SMILES string of the molecule is COc1ccc(-n2c(COc3ccc(Cl)cc3)nnc2SCC(=O)c2ccc(Cl)cc2)cc1. The highest BCUT2D eigenvalue weighted by Crippen LogP contribution is 2.26. The molecule has 0 spiro atoms. The van der Waals surface area contributed by atoms with Crippen LogP contribution in [0.4, 0.5) is 0 Å². The lowest BCUT2D eigenvalue weighted by molar-refractivity contribution is 0.102. The van der Waals surface area contributed by atoms with E-state index in [-0.39, 0.29) is 18.1 Å². The zero-order chi connectivity index (χ0) is 23.2. The lowest BCUT2D eigenvalue weighted by atomic mass is 10.1. The molecule has 1 heterocycles. The third-order valence-electron chi connectivity index (χ3n) is 4.71. The molecule has 0 aliphatic carbocycles. The lowest BCUT2D eigenvalue weighted by Gasteiger charge is -2.12. The van der Waals surface area contributed by atoms with Crippen LogP contribution in [0.1, 0.15) is 16.2 Å². The van der Waals surface area contributed by atoms with Gasteiger partial charge < -0.3 is 9.47 Å². The van der Waals surface area contributed by atoms with Crippen molar-refractivity contribution in [1.82, 2.24) is 14.8 Å². The molecule has 168 valence electrons. The van der Waals surface area contributed by atoms with Gasteiger partial charge in [-0.1, -0.05) is 35.0 Å². The normalized spacial score (nSPS) is 10.8. The fourth-order valence-electron chi connectivity index (χ4n) is 3.01. The third-order valence-corrected chi connectivity index (χ3v) is 6.14. The monoisotopic (exact) mass is 499 g/mol. The summed E-state index contributed by atoms with van der Waals surface area (Å²) in [4.78, 5) is 12.6. The van der Waals surface area contributed by atoms with Crippen LogP contribution < -0.4 is 9.47 Å². The Balaban J connectivity index is 1.56. The van der Waals surface area contributed by atoms with Crippen LogP contribution in [0.2, 0.25) is 10.0 Å². The summed E-state index contributed by atoms with van der Waals surface area (Å²) in [6.45, 7) is 0.187. The van der Waals surface area contributed by atoms with Crippen molar-refractivity contribution < 1.29 is 14.3 Å². The van der Waals surface area contributed by atoms with Crippen LogP contribution in [0, 0.1) is 0 Å². The van der Waals surface area contributed by atoms with Gasteiger partial charge in [0.1, 0.15) is 18.1 Å². The van der Waals surface area contributed by atoms with Gasteiger partial charge in [0.25, 0.3) is 0 Å². The van der Waals surface area contributed by atoms with Crippen molar-refractivity contribution in [3.63, 3.8) is 0 Å². The van der Waals surface area contributed by atoms with Crippen LogP contribution in [-0.2, 0) is 6.61 Å². The number of Topliss-reactive ketones (excluding diaryl/α,β-unsaturated/α-hetero) is 1. The molecule has 0 aliphatic heterocycles. The number of carbonyl (C=O) groups excluding carboxylic acids is 1. The first-order chi connectivity index (χ1) is 16.0. The minimum absolute atomic E-state index is 0.0279. The highest BCUT2D eigenvalue weighted by Gasteiger charge is 2.17. The van der Waals surface area contributed by atoms with Crippen LogP contribution in [0.5, 0.6) is 11.5 Å². The van der Waals surface area contributed by atoms with E-state index in [0.717, 1.165) is 11.4 Å². The summed E-state index contributed by atoms with van der Waals surface area (Å²) in [6, 6.07) is 21.4. The van der Waals surface area contributed by atoms with Crippen molar-refractivity contribution in [1.29, 1.82) is 0 Å². The molecule has 0 fully saturated rings. The summed E-state index contributed by atoms with van der Waals surface area (Å²) in [6.07, 6.45) is 0. The molecule has 0 saturated heterocycles. The molecule has 4 aromatic rings. The number of hydrogen-bond donors (Lipinski definition) is 0. The van der Waals surface area contributed by atoms with Gasteiger partial charge in [0.05, 0.1) is 12.9 Å². The van der Waals surface area contributed by atoms with E-state index in [1.54, 1.807) is 55.6 Å². The van der Waals surface area contributed by atoms with E-state index in [1.807, 2.05) is 28.8 Å². The molecule has 6 nitrogen and oxygen atoms in total. The van der Waals surface area contributed by atoms with Crippen LogP contribution >= 0.6 is 35.0 Å². The fraction of sp³-hybridized carbons (Fsp3) is 0.125. The Morgan fingerprint density at radius 3 is 2.12 bits per heavy atom. The molecule has 0 unspecified atom stereocenters. The largest absolute Gasteiger partial charge is 0.497 e. The van der Waals surface area contributed by atoms with E-state index in [9.17, 15) is 4.79 Å². The van der Waals surface area contributed by atoms with Gasteiger partial charge >= 0.3 is 0 Å². The van der Waals surface area contributed by atoms with Crippen molar-refractivity contribution in [3.8, 4) is 17.2 Å². The van der Waals surface area contributed by atoms with E-state index < -0.39 is 0 Å². The number of ketones is 1. The number of hydrogen-bond acceptors (Lipinski definition) is 6. The number of methoxy groups -OCH3 is 1. The molecule has 0 radical (unpaired) electrons. The molecule has 1 aromatic heterocycles. The summed E-state index contributed by atoms with van der Waals surface area (Å²) in [5.41, 5.74) is 1.42. The second-order valence-corrected chi connectivity index (χ2v) is 8.71. The predicted octanol–water partition coefficient (Wildman–Crippen LogP) is 6.14. The van der Waals surface area contributed by atoms with Gasteiger partial charge in [0, 0.05) is 21.3 Å². The second-order valence-electron chi connectivity index (χ2n) is 6.89. The molecule has 3 aromatic carbocycles. The summed E-state index contributed by atoms with van der Waals surface area (Å²) < 4.78 is 13.0. The summed E-state index contributed by atoms with van der Waals surface area (Å²) in [7, 11) is 1.61. The molecule has 0 atom stereocenters. The fourth-order valence-corrected chi connectivity index (χ4v) is 4.12. The lowest BCUT2D eigenvalue weighted by Crippen LogP contribution is -2.08. The van der Waals surface area contributed by atoms with E-state index in [1.165, 1.54) is 11.8 Å². The first-order valence-corrected chi connectivity index (χ1v) is 11.7. The minimum Gasteiger partial charge on any atom is -0.497 e. The number of ether oxygens (including phenoxy) is 2. The molecule has 0 saturated carbocycles. The average molecular weight is 500 g/mol. The Kier molecular flexibility index (Phi) is 7.54. The molecular formula is C24H19Cl2N3O3S. The van der Waals surface area contributed by atoms with E-state index in [4.69, 9.17) is 32.7 Å². The van der Waals surface area contributed by atoms with Crippen molar-refractivity contribution in [2.24, 2.45) is 0 Å². The van der Waals surface area contributed by atoms with E-state index in [0.29, 0.717) is 32.3 Å². The molecular weight excluding hydrogens is 481 g/mol. The van der Waals surface area contributed by atoms with Crippen LogP contribution in [-0.4, -0.2) is 33.4 Å². The molecule has 33 heavy (non-hydrogen) atoms. The Hall–Kier alpha value is -3.00. The number of halogens is 2. The first-order valence-electron chi connectivity index (χ1n) is 9.92. The minimum atomic E-state index is -0.0279. The standard InChI is InChI=1S/C24H19Cl2N3O3S/c1-31-20-12-8-19(9-13-20)29-23(14-32-21-10-6-18(26)7-11-21)27-28-24(29)33-15-22(30)16-2-4-17(25)5-3-16/h2-13H,14-15H2,1H3. The maximum absolute atomic E-state index is 12.6. The van der Waals surface area contributed by atoms with Crippen molar-refractivity contribution in [2.45, 2.75) is 11.8 Å². The number of aromatic nitrogens is 3. The second kappa shape index (κ2) is 10.7. The van der Waals surface area contributed by atoms with Crippen LogP contribution in [0.25, 0.3) is 5.69 Å². The topological polar surface area (TPSA) is 66.2 Å². The Morgan fingerprint density at radius 1 is 0.879 bits per heavy atom. The molecule has 0 bridgehead atoms. The molecule has 0 N–H and O–H groups in total. The summed E-state index contributed by atoms with van der Waals surface area (Å²) in [5.74, 6) is 2.17. The Morgan fingerprint density at radius 2 is 1.48 bits per heavy atom. The Labute approximate surface area is 205 Å². The highest BCUT2D eigenvalue weighted by molar-refractivity contribution is 7.99. The van der Waals surface area contributed by atoms with Crippen molar-refractivity contribution in [3.05, 3.63) is 94.2 Å². The third kappa shape index (κ3) is 5.87. The predicted molar refractivity (Wildman–Crippen MR) is 130 cm³/mol. The molecule has 0 amide bonds. The average Bonchev–Trinajstić information content (AvgIpc) is 3.25. The molecule has 0 aliphatic rings. The van der Waals surface area contributed by atoms with Gasteiger partial charge in [-0.15, -0.1) is 10.2 Å². The first kappa shape index (κ1) is 23.2. The van der Waals surface area contributed by atoms with Crippen LogP contribution in [0.3, 0.4) is 0 Å². The number of thioether (sulfide) groups is 1. The van der Waals surface area contributed by atoms with Crippen molar-refractivity contribution >= 4 is 40.7 Å². The molecule has 4 rings (SSSR count).